The number of piperidine rings is 1. The molecule has 3 aromatic rings. The summed E-state index contributed by atoms with van der Waals surface area (Å²) in [6.07, 6.45) is 2.67. The maximum absolute atomic E-state index is 12.9. The Morgan fingerprint density at radius 2 is 1.94 bits per heavy atom. The van der Waals surface area contributed by atoms with E-state index >= 15 is 0 Å². The molecule has 6 nitrogen and oxygen atoms in total. The molecule has 32 heavy (non-hydrogen) atoms. The monoisotopic (exact) mass is 450 g/mol. The minimum absolute atomic E-state index is 0.0117. The zero-order chi connectivity index (χ0) is 22.7. The molecule has 1 fully saturated rings. The number of anilines is 2. The number of carbonyl (C=O) groups excluding carboxylic acids is 1. The maximum atomic E-state index is 12.9. The number of hydrogen-bond acceptors (Lipinski definition) is 4. The molecule has 0 spiro atoms. The summed E-state index contributed by atoms with van der Waals surface area (Å²) in [5.41, 5.74) is 3.38. The molecule has 2 aromatic carbocycles. The fourth-order valence-electron chi connectivity index (χ4n) is 3.94. The van der Waals surface area contributed by atoms with Gasteiger partial charge in [0.15, 0.2) is 0 Å². The lowest BCUT2D eigenvalue weighted by molar-refractivity contribution is -0.120. The number of benzene rings is 2. The van der Waals surface area contributed by atoms with Crippen molar-refractivity contribution >= 4 is 29.0 Å². The number of carbonyl (C=O) groups is 1. The van der Waals surface area contributed by atoms with E-state index in [9.17, 15) is 9.59 Å². The van der Waals surface area contributed by atoms with E-state index in [2.05, 4.69) is 22.2 Å². The molecule has 1 unspecified atom stereocenters. The van der Waals surface area contributed by atoms with Crippen LogP contribution in [0.4, 0.5) is 11.5 Å². The fraction of sp³-hybridized carbons (Fsp3) is 0.320. The number of halogens is 1. The van der Waals surface area contributed by atoms with Crippen molar-refractivity contribution in [3.8, 4) is 5.69 Å². The average Bonchev–Trinajstić information content (AvgIpc) is 2.82. The van der Waals surface area contributed by atoms with Gasteiger partial charge in [-0.1, -0.05) is 36.7 Å². The van der Waals surface area contributed by atoms with Crippen LogP contribution in [0.15, 0.2) is 59.4 Å². The van der Waals surface area contributed by atoms with Crippen LogP contribution < -0.4 is 15.8 Å². The number of nitrogens with one attached hydrogen (secondary N) is 1. The highest BCUT2D eigenvalue weighted by atomic mass is 35.5. The highest BCUT2D eigenvalue weighted by Gasteiger charge is 2.27. The highest BCUT2D eigenvalue weighted by molar-refractivity contribution is 6.31. The van der Waals surface area contributed by atoms with Crippen molar-refractivity contribution < 1.29 is 4.79 Å². The molecule has 1 aromatic heterocycles. The third-order valence-electron chi connectivity index (χ3n) is 5.93. The third-order valence-corrected chi connectivity index (χ3v) is 6.34. The second kappa shape index (κ2) is 9.57. The molecule has 0 radical (unpaired) electrons. The van der Waals surface area contributed by atoms with E-state index in [1.54, 1.807) is 12.1 Å². The van der Waals surface area contributed by atoms with E-state index in [0.29, 0.717) is 23.1 Å². The van der Waals surface area contributed by atoms with Crippen molar-refractivity contribution in [3.63, 3.8) is 0 Å². The second-order valence-corrected chi connectivity index (χ2v) is 8.61. The van der Waals surface area contributed by atoms with Crippen LogP contribution in [0.2, 0.25) is 5.02 Å². The van der Waals surface area contributed by atoms with E-state index in [0.717, 1.165) is 37.1 Å². The van der Waals surface area contributed by atoms with Gasteiger partial charge in [-0.2, -0.15) is 4.68 Å². The lowest BCUT2D eigenvalue weighted by Crippen LogP contribution is -2.41. The molecule has 4 rings (SSSR count). The molecule has 0 saturated carbocycles. The Balaban J connectivity index is 1.50. The fourth-order valence-corrected chi connectivity index (χ4v) is 4.11. The Hall–Kier alpha value is -3.12. The first-order chi connectivity index (χ1) is 15.4. The Morgan fingerprint density at radius 3 is 2.66 bits per heavy atom. The van der Waals surface area contributed by atoms with E-state index in [4.69, 9.17) is 11.6 Å². The Morgan fingerprint density at radius 1 is 1.16 bits per heavy atom. The minimum Gasteiger partial charge on any atom is -0.354 e. The molecule has 1 saturated heterocycles. The van der Waals surface area contributed by atoms with Crippen molar-refractivity contribution in [2.45, 2.75) is 33.1 Å². The first-order valence-electron chi connectivity index (χ1n) is 11.0. The SMILES string of the molecule is CCc1ccc(NC(=O)C2CCCN(c3ccc(=O)n(-c4ccc(C)c(Cl)c4)n3)C2)cc1. The molecule has 1 atom stereocenters. The molecular weight excluding hydrogens is 424 g/mol. The predicted octanol–water partition coefficient (Wildman–Crippen LogP) is 4.61. The normalized spacial score (nSPS) is 16.1. The summed E-state index contributed by atoms with van der Waals surface area (Å²) in [7, 11) is 0. The summed E-state index contributed by atoms with van der Waals surface area (Å²) >= 11 is 6.24. The minimum atomic E-state index is -0.226. The van der Waals surface area contributed by atoms with Crippen LogP contribution in [0, 0.1) is 12.8 Å². The van der Waals surface area contributed by atoms with Gasteiger partial charge in [-0.3, -0.25) is 9.59 Å². The van der Waals surface area contributed by atoms with Gasteiger partial charge < -0.3 is 10.2 Å². The van der Waals surface area contributed by atoms with Crippen LogP contribution in [0.25, 0.3) is 5.69 Å². The highest BCUT2D eigenvalue weighted by Crippen LogP contribution is 2.24. The van der Waals surface area contributed by atoms with E-state index in [1.807, 2.05) is 43.3 Å². The zero-order valence-electron chi connectivity index (χ0n) is 18.3. The first kappa shape index (κ1) is 22.1. The summed E-state index contributed by atoms with van der Waals surface area (Å²) in [4.78, 5) is 27.4. The summed E-state index contributed by atoms with van der Waals surface area (Å²) in [6, 6.07) is 16.6. The molecule has 0 aliphatic carbocycles. The molecule has 1 amide bonds. The topological polar surface area (TPSA) is 67.2 Å². The van der Waals surface area contributed by atoms with Gasteiger partial charge in [0.1, 0.15) is 5.82 Å². The number of aromatic nitrogens is 2. The molecule has 1 aliphatic rings. The van der Waals surface area contributed by atoms with Crippen LogP contribution >= 0.6 is 11.6 Å². The molecular formula is C25H27ClN4O2. The van der Waals surface area contributed by atoms with Crippen molar-refractivity contribution in [1.82, 2.24) is 9.78 Å². The Bertz CT molecular complexity index is 1170. The van der Waals surface area contributed by atoms with Crippen molar-refractivity contribution in [2.75, 3.05) is 23.3 Å². The smallest absolute Gasteiger partial charge is 0.271 e. The largest absolute Gasteiger partial charge is 0.354 e. The molecule has 0 bridgehead atoms. The van der Waals surface area contributed by atoms with Crippen LogP contribution in [-0.2, 0) is 11.2 Å². The number of amides is 1. The Kier molecular flexibility index (Phi) is 6.61. The summed E-state index contributed by atoms with van der Waals surface area (Å²) in [6.45, 7) is 5.36. The Labute approximate surface area is 192 Å². The maximum Gasteiger partial charge on any atom is 0.271 e. The molecule has 166 valence electrons. The second-order valence-electron chi connectivity index (χ2n) is 8.20. The third kappa shape index (κ3) is 4.86. The number of aryl methyl sites for hydroxylation is 2. The van der Waals surface area contributed by atoms with Gasteiger partial charge in [0.2, 0.25) is 5.91 Å². The van der Waals surface area contributed by atoms with Crippen LogP contribution in [0.3, 0.4) is 0 Å². The molecule has 2 heterocycles. The van der Waals surface area contributed by atoms with Gasteiger partial charge in [0.25, 0.3) is 5.56 Å². The number of rotatable bonds is 5. The number of hydrogen-bond donors (Lipinski definition) is 1. The van der Waals surface area contributed by atoms with Gasteiger partial charge in [0, 0.05) is 29.9 Å². The van der Waals surface area contributed by atoms with Crippen molar-refractivity contribution in [1.29, 1.82) is 0 Å². The van der Waals surface area contributed by atoms with Crippen molar-refractivity contribution in [3.05, 3.63) is 81.1 Å². The molecule has 1 aliphatic heterocycles. The van der Waals surface area contributed by atoms with Crippen LogP contribution in [0.1, 0.15) is 30.9 Å². The van der Waals surface area contributed by atoms with Crippen LogP contribution in [0.5, 0.6) is 0 Å². The van der Waals surface area contributed by atoms with E-state index < -0.39 is 0 Å². The number of nitrogens with zero attached hydrogens (tertiary/aromatic N) is 3. The first-order valence-corrected chi connectivity index (χ1v) is 11.3. The molecule has 7 heteroatoms. The van der Waals surface area contributed by atoms with Gasteiger partial charge in [-0.15, -0.1) is 5.10 Å². The molecule has 1 N–H and O–H groups in total. The van der Waals surface area contributed by atoms with Gasteiger partial charge >= 0.3 is 0 Å². The summed E-state index contributed by atoms with van der Waals surface area (Å²) in [5.74, 6) is 0.536. The van der Waals surface area contributed by atoms with E-state index in [-0.39, 0.29) is 17.4 Å². The lowest BCUT2D eigenvalue weighted by Gasteiger charge is -2.33. The van der Waals surface area contributed by atoms with Crippen molar-refractivity contribution in [2.24, 2.45) is 5.92 Å². The van der Waals surface area contributed by atoms with Gasteiger partial charge in [0.05, 0.1) is 11.6 Å². The predicted molar refractivity (Wildman–Crippen MR) is 129 cm³/mol. The summed E-state index contributed by atoms with van der Waals surface area (Å²) < 4.78 is 1.36. The van der Waals surface area contributed by atoms with Crippen LogP contribution in [-0.4, -0.2) is 28.8 Å². The standard InChI is InChI=1S/C25H27ClN4O2/c1-3-18-7-9-20(10-8-18)27-25(32)19-5-4-14-29(16-19)23-12-13-24(31)30(28-23)21-11-6-17(2)22(26)15-21/h6-13,15,19H,3-5,14,16H2,1-2H3,(H,27,32). The summed E-state index contributed by atoms with van der Waals surface area (Å²) in [5, 5.41) is 8.20. The average molecular weight is 451 g/mol. The van der Waals surface area contributed by atoms with Gasteiger partial charge in [-0.25, -0.2) is 0 Å². The quantitative estimate of drug-likeness (QED) is 0.616. The van der Waals surface area contributed by atoms with Gasteiger partial charge in [-0.05, 0) is 67.6 Å². The lowest BCUT2D eigenvalue weighted by atomic mass is 9.97. The van der Waals surface area contributed by atoms with E-state index in [1.165, 1.54) is 16.3 Å². The zero-order valence-corrected chi connectivity index (χ0v) is 19.1.